The van der Waals surface area contributed by atoms with Crippen LogP contribution in [0.4, 0.5) is 52.7 Å². The summed E-state index contributed by atoms with van der Waals surface area (Å²) in [5.74, 6) is -1.75. The lowest BCUT2D eigenvalue weighted by atomic mass is 10.0. The first-order valence-corrected chi connectivity index (χ1v) is 36.9. The van der Waals surface area contributed by atoms with Crippen molar-refractivity contribution in [2.24, 2.45) is 15.0 Å². The third kappa shape index (κ3) is 16.8. The Balaban J connectivity index is 0.539. The van der Waals surface area contributed by atoms with Crippen LogP contribution in [0, 0.1) is 0 Å². The molecule has 6 aromatic carbocycles. The van der Waals surface area contributed by atoms with Crippen LogP contribution in [0.5, 0.6) is 11.5 Å². The molecule has 3 fully saturated rings. The minimum atomic E-state index is -5.06. The molecular weight excluding hydrogens is 1540 g/mol. The van der Waals surface area contributed by atoms with Gasteiger partial charge in [-0.15, -0.1) is 0 Å². The Labute approximate surface area is 634 Å². The quantitative estimate of drug-likeness (QED) is 0.0436. The first-order chi connectivity index (χ1) is 52.9. The third-order valence-corrected chi connectivity index (χ3v) is 22.4. The SMILES string of the molecule is CN(COc1ccc(Cn2ncc3cc(C=C4SC(N5CC(CO)OC(Oc6ccc(Cn7ncc8cc(C=C9SC(N%10CCNC(CO)C%10)=NC9=O)ccc87)c(C(F)(F)F)c6)C5)=NC4=O)ccc32)c(C(F)(F)F)c1)C1CCN(C2=NC(=O)C(=Cc3ccc4c(cnn4Cc4ccc(C(F)(F)F)cc4C(F)(F)F)c3)S2)C1. The maximum atomic E-state index is 14.9. The predicted molar refractivity (Wildman–Crippen MR) is 392 cm³/mol. The Morgan fingerprint density at radius 2 is 0.973 bits per heavy atom. The van der Waals surface area contributed by atoms with E-state index >= 15 is 0 Å². The van der Waals surface area contributed by atoms with Crippen LogP contribution in [0.15, 0.2) is 157 Å². The number of nitrogens with zero attached hydrogens (tertiary/aromatic N) is 13. The number of nitrogens with one attached hydrogen (secondary N) is 1. The van der Waals surface area contributed by atoms with E-state index < -0.39 is 95.8 Å². The minimum absolute atomic E-state index is 0.0429. The topological polar surface area (TPSA) is 235 Å². The molecule has 0 radical (unpaired) electrons. The van der Waals surface area contributed by atoms with Gasteiger partial charge in [-0.2, -0.15) is 83.0 Å². The molecule has 3 saturated heterocycles. The third-order valence-electron chi connectivity index (χ3n) is 19.3. The lowest BCUT2D eigenvalue weighted by molar-refractivity contribution is -0.167. The number of aliphatic hydroxyl groups is 2. The van der Waals surface area contributed by atoms with Crippen molar-refractivity contribution in [1.82, 2.24) is 54.3 Å². The maximum absolute atomic E-state index is 14.9. The van der Waals surface area contributed by atoms with Gasteiger partial charge in [-0.05, 0) is 173 Å². The zero-order valence-electron chi connectivity index (χ0n) is 58.0. The first kappa shape index (κ1) is 76.4. The molecule has 15 rings (SSSR count). The van der Waals surface area contributed by atoms with Crippen LogP contribution < -0.4 is 14.8 Å². The fraction of sp³-hybridized carbons (Fsp3) is 0.311. The zero-order valence-corrected chi connectivity index (χ0v) is 60.4. The summed E-state index contributed by atoms with van der Waals surface area (Å²) in [6.45, 7) is 0.883. The van der Waals surface area contributed by atoms with Crippen LogP contribution in [-0.4, -0.2) is 190 Å². The summed E-state index contributed by atoms with van der Waals surface area (Å²) in [6, 6.07) is 23.4. The molecule has 4 atom stereocenters. The Kier molecular flexibility index (Phi) is 21.0. The molecule has 4 unspecified atom stereocenters. The maximum Gasteiger partial charge on any atom is 0.416 e. The molecule has 37 heteroatoms. The van der Waals surface area contributed by atoms with E-state index in [1.165, 1.54) is 68.7 Å². The Hall–Kier alpha value is -10.0. The van der Waals surface area contributed by atoms with Gasteiger partial charge in [0.2, 0.25) is 6.29 Å². The number of halogens is 12. The fourth-order valence-electron chi connectivity index (χ4n) is 13.7. The summed E-state index contributed by atoms with van der Waals surface area (Å²) in [6.07, 6.45) is -11.9. The Morgan fingerprint density at radius 1 is 0.523 bits per heavy atom. The second kappa shape index (κ2) is 30.6. The van der Waals surface area contributed by atoms with E-state index in [0.29, 0.717) is 110 Å². The number of aliphatic imine (C=N–C) groups is 3. The number of aromatic nitrogens is 6. The van der Waals surface area contributed by atoms with Gasteiger partial charge in [0.05, 0.1) is 112 Å². The summed E-state index contributed by atoms with van der Waals surface area (Å²) in [7, 11) is 1.75. The van der Waals surface area contributed by atoms with E-state index in [-0.39, 0.29) is 95.3 Å². The molecule has 111 heavy (non-hydrogen) atoms. The lowest BCUT2D eigenvalue weighted by Gasteiger charge is -2.37. The molecule has 0 bridgehead atoms. The van der Waals surface area contributed by atoms with Gasteiger partial charge < -0.3 is 44.4 Å². The first-order valence-electron chi connectivity index (χ1n) is 34.4. The Bertz CT molecular complexity index is 5380. The monoisotopic (exact) mass is 1600 g/mol. The molecule has 578 valence electrons. The lowest BCUT2D eigenvalue weighted by Crippen LogP contribution is -2.53. The number of fused-ring (bicyclic) bond motifs is 3. The van der Waals surface area contributed by atoms with E-state index in [1.807, 2.05) is 14.7 Å². The Morgan fingerprint density at radius 3 is 1.44 bits per heavy atom. The highest BCUT2D eigenvalue weighted by molar-refractivity contribution is 8.19. The number of likely N-dealkylation sites (N-methyl/N-ethyl adjacent to an activating group) is 1. The van der Waals surface area contributed by atoms with Crippen molar-refractivity contribution in [3.8, 4) is 11.5 Å². The minimum Gasteiger partial charge on any atom is -0.478 e. The van der Waals surface area contributed by atoms with Crippen LogP contribution in [-0.2, 0) is 63.5 Å². The van der Waals surface area contributed by atoms with Crippen molar-refractivity contribution < 1.29 is 91.5 Å². The highest BCUT2D eigenvalue weighted by atomic mass is 32.2. The van der Waals surface area contributed by atoms with Gasteiger partial charge in [0.15, 0.2) is 15.5 Å². The molecular formula is C74H62F12N14O8S3. The van der Waals surface area contributed by atoms with Gasteiger partial charge in [0.25, 0.3) is 17.7 Å². The van der Waals surface area contributed by atoms with E-state index in [9.17, 15) is 77.3 Å². The van der Waals surface area contributed by atoms with Gasteiger partial charge in [0.1, 0.15) is 24.3 Å². The van der Waals surface area contributed by atoms with Gasteiger partial charge in [-0.25, -0.2) is 0 Å². The van der Waals surface area contributed by atoms with Gasteiger partial charge >= 0.3 is 24.7 Å². The highest BCUT2D eigenvalue weighted by Crippen LogP contribution is 2.43. The second-order valence-corrected chi connectivity index (χ2v) is 29.9. The van der Waals surface area contributed by atoms with E-state index in [4.69, 9.17) is 14.2 Å². The van der Waals surface area contributed by atoms with Crippen molar-refractivity contribution in [3.05, 3.63) is 198 Å². The van der Waals surface area contributed by atoms with Gasteiger partial charge in [-0.3, -0.25) is 33.3 Å². The molecule has 22 nitrogen and oxygen atoms in total. The zero-order chi connectivity index (χ0) is 78.0. The predicted octanol–water partition coefficient (Wildman–Crippen LogP) is 12.3. The van der Waals surface area contributed by atoms with Gasteiger partial charge in [-0.1, -0.05) is 36.4 Å². The van der Waals surface area contributed by atoms with E-state index in [2.05, 4.69) is 35.6 Å². The van der Waals surface area contributed by atoms with Crippen molar-refractivity contribution >= 4 is 119 Å². The molecule has 9 heterocycles. The smallest absolute Gasteiger partial charge is 0.416 e. The number of hydrogen-bond acceptors (Lipinski definition) is 19. The normalized spacial score (nSPS) is 20.8. The standard InChI is InChI=1S/C74H62F12N14O8S3/c1-94(51-14-16-95(34-51)68-91-65(103)61(109-68)21-40-2-11-58-46(18-40)27-88-98(58)30-43-5-8-49(71(75,76)77)24-55(43)72(78,79)80)39-106-52-9-6-44(56(25-52)73(81,82)83)31-99-59-13-4-42(20-48(59)28-89-99)23-63-67(105)93-70(111-63)97-35-54(38-102)108-64(36-97)107-53-10-7-45(57(26-53)74(84,85)86)32-100-60-12-3-41(19-47(60)29-90-100)22-62-66(104)92-69(110-62)96-17-15-87-50(33-96)37-101/h2-13,18-29,50-51,54,64,87,101-102H,14-17,30-39H2,1H3. The number of thioether (sulfide) groups is 3. The molecule has 3 amide bonds. The average Bonchev–Trinajstić information content (AvgIpc) is 1.78. The number of benzene rings is 6. The molecule has 0 saturated carbocycles. The number of amidine groups is 3. The van der Waals surface area contributed by atoms with Crippen LogP contribution in [0.25, 0.3) is 50.9 Å². The van der Waals surface area contributed by atoms with Crippen LogP contribution in [0.2, 0.25) is 0 Å². The second-order valence-electron chi connectivity index (χ2n) is 26.9. The number of ether oxygens (including phenoxy) is 3. The van der Waals surface area contributed by atoms with E-state index in [0.717, 1.165) is 41.7 Å². The largest absolute Gasteiger partial charge is 0.478 e. The number of likely N-dealkylation sites (tertiary alicyclic amines) is 1. The molecule has 3 N–H and O–H groups in total. The number of carbonyl (C=O) groups is 3. The van der Waals surface area contributed by atoms with Gasteiger partial charge in [0, 0.05) is 67.5 Å². The molecule has 6 aliphatic heterocycles. The fourth-order valence-corrected chi connectivity index (χ4v) is 16.5. The summed E-state index contributed by atoms with van der Waals surface area (Å²) < 4.78 is 193. The molecule has 6 aliphatic rings. The van der Waals surface area contributed by atoms with Crippen molar-refractivity contribution in [3.63, 3.8) is 0 Å². The van der Waals surface area contributed by atoms with Crippen molar-refractivity contribution in [2.75, 3.05) is 72.8 Å². The number of hydrogen-bond donors (Lipinski definition) is 3. The number of piperazine rings is 1. The van der Waals surface area contributed by atoms with Crippen molar-refractivity contribution in [2.45, 2.75) is 75.2 Å². The molecule has 0 spiro atoms. The molecule has 9 aromatic rings. The number of rotatable bonds is 17. The van der Waals surface area contributed by atoms with E-state index in [1.54, 1.807) is 84.8 Å². The van der Waals surface area contributed by atoms with Crippen LogP contribution in [0.3, 0.4) is 0 Å². The number of amides is 3. The molecule has 0 aliphatic carbocycles. The number of morpholine rings is 1. The summed E-state index contributed by atoms with van der Waals surface area (Å²) >= 11 is 3.38. The van der Waals surface area contributed by atoms with Crippen molar-refractivity contribution in [1.29, 1.82) is 0 Å². The summed E-state index contributed by atoms with van der Waals surface area (Å²) in [5.41, 5.74) is -2.27. The van der Waals surface area contributed by atoms with Crippen LogP contribution in [0.1, 0.15) is 62.1 Å². The number of carbonyl (C=O) groups excluding carboxylic acids is 3. The number of alkyl halides is 12. The molecule has 3 aromatic heterocycles. The highest BCUT2D eigenvalue weighted by Gasteiger charge is 2.42. The number of aliphatic hydroxyl groups excluding tert-OH is 2. The summed E-state index contributed by atoms with van der Waals surface area (Å²) in [4.78, 5) is 60.5. The van der Waals surface area contributed by atoms with Crippen LogP contribution >= 0.6 is 35.3 Å². The average molecular weight is 1600 g/mol. The summed E-state index contributed by atoms with van der Waals surface area (Å²) in [5, 5.41) is 38.9.